The molecule has 2 rings (SSSR count). The third-order valence-electron chi connectivity index (χ3n) is 3.84. The lowest BCUT2D eigenvalue weighted by Crippen LogP contribution is -2.40. The standard InChI is InChI=1S/C15H25N3O3/c1-4-12-7-13(21-18-12)9-17-15(19)16-8-11-5-6-20-14(11)10(2)3/h7,10-11,14H,4-6,8-9H2,1-3H3,(H2,16,17,19)/t11-,14+/m0/s1. The fraction of sp³-hybridized carbons (Fsp3) is 0.733. The zero-order chi connectivity index (χ0) is 15.2. The van der Waals surface area contributed by atoms with Gasteiger partial charge in [0.1, 0.15) is 0 Å². The van der Waals surface area contributed by atoms with Crippen molar-refractivity contribution < 1.29 is 14.1 Å². The lowest BCUT2D eigenvalue weighted by atomic mass is 9.93. The van der Waals surface area contributed by atoms with Gasteiger partial charge in [0.2, 0.25) is 0 Å². The van der Waals surface area contributed by atoms with Crippen molar-refractivity contribution in [3.63, 3.8) is 0 Å². The molecule has 6 heteroatoms. The van der Waals surface area contributed by atoms with Crippen molar-refractivity contribution in [1.82, 2.24) is 15.8 Å². The number of aromatic nitrogens is 1. The molecule has 2 amide bonds. The van der Waals surface area contributed by atoms with Crippen LogP contribution in [0.3, 0.4) is 0 Å². The van der Waals surface area contributed by atoms with Gasteiger partial charge in [-0.25, -0.2) is 4.79 Å². The molecule has 0 bridgehead atoms. The summed E-state index contributed by atoms with van der Waals surface area (Å²) >= 11 is 0. The molecule has 2 atom stereocenters. The molecule has 1 aromatic rings. The van der Waals surface area contributed by atoms with Crippen molar-refractivity contribution in [2.45, 2.75) is 46.3 Å². The van der Waals surface area contributed by atoms with Crippen LogP contribution in [-0.4, -0.2) is 30.4 Å². The van der Waals surface area contributed by atoms with E-state index in [1.54, 1.807) is 0 Å². The molecule has 0 aliphatic carbocycles. The summed E-state index contributed by atoms with van der Waals surface area (Å²) in [6.45, 7) is 8.10. The van der Waals surface area contributed by atoms with Crippen LogP contribution in [0.5, 0.6) is 0 Å². The maximum atomic E-state index is 11.8. The molecular weight excluding hydrogens is 270 g/mol. The Hall–Kier alpha value is -1.56. The molecule has 0 saturated carbocycles. The maximum Gasteiger partial charge on any atom is 0.315 e. The molecule has 1 aromatic heterocycles. The van der Waals surface area contributed by atoms with Gasteiger partial charge in [-0.3, -0.25) is 0 Å². The summed E-state index contributed by atoms with van der Waals surface area (Å²) in [6, 6.07) is 1.68. The third-order valence-corrected chi connectivity index (χ3v) is 3.84. The van der Waals surface area contributed by atoms with E-state index in [0.717, 1.165) is 25.1 Å². The maximum absolute atomic E-state index is 11.8. The van der Waals surface area contributed by atoms with Gasteiger partial charge in [-0.2, -0.15) is 0 Å². The van der Waals surface area contributed by atoms with Gasteiger partial charge in [-0.1, -0.05) is 25.9 Å². The number of nitrogens with one attached hydrogen (secondary N) is 2. The molecule has 6 nitrogen and oxygen atoms in total. The van der Waals surface area contributed by atoms with Crippen LogP contribution in [0.1, 0.15) is 38.6 Å². The minimum atomic E-state index is -0.182. The Kier molecular flexibility index (Phi) is 5.61. The largest absolute Gasteiger partial charge is 0.378 e. The van der Waals surface area contributed by atoms with E-state index >= 15 is 0 Å². The Morgan fingerprint density at radius 3 is 2.95 bits per heavy atom. The van der Waals surface area contributed by atoms with Crippen LogP contribution < -0.4 is 10.6 Å². The molecule has 0 spiro atoms. The normalized spacial score (nSPS) is 21.7. The summed E-state index contributed by atoms with van der Waals surface area (Å²) in [5, 5.41) is 9.58. The second-order valence-corrected chi connectivity index (χ2v) is 5.83. The average molecular weight is 295 g/mol. The number of nitrogens with zero attached hydrogens (tertiary/aromatic N) is 1. The van der Waals surface area contributed by atoms with Gasteiger partial charge in [-0.15, -0.1) is 0 Å². The number of carbonyl (C=O) groups is 1. The van der Waals surface area contributed by atoms with Crippen LogP contribution in [0.15, 0.2) is 10.6 Å². The summed E-state index contributed by atoms with van der Waals surface area (Å²) < 4.78 is 10.8. The monoisotopic (exact) mass is 295 g/mol. The van der Waals surface area contributed by atoms with E-state index in [0.29, 0.717) is 30.7 Å². The lowest BCUT2D eigenvalue weighted by molar-refractivity contribution is 0.0545. The Bertz CT molecular complexity index is 459. The minimum Gasteiger partial charge on any atom is -0.378 e. The van der Waals surface area contributed by atoms with E-state index in [2.05, 4.69) is 29.6 Å². The number of aryl methyl sites for hydroxylation is 1. The van der Waals surface area contributed by atoms with Crippen molar-refractivity contribution in [1.29, 1.82) is 0 Å². The van der Waals surface area contributed by atoms with Gasteiger partial charge in [0.05, 0.1) is 18.3 Å². The van der Waals surface area contributed by atoms with Gasteiger partial charge in [0.25, 0.3) is 0 Å². The summed E-state index contributed by atoms with van der Waals surface area (Å²) in [4.78, 5) is 11.8. The molecule has 1 aliphatic heterocycles. The lowest BCUT2D eigenvalue weighted by Gasteiger charge is -2.22. The van der Waals surface area contributed by atoms with Crippen molar-refractivity contribution >= 4 is 6.03 Å². The van der Waals surface area contributed by atoms with Crippen molar-refractivity contribution in [3.05, 3.63) is 17.5 Å². The number of carbonyl (C=O) groups excluding carboxylic acids is 1. The molecule has 1 saturated heterocycles. The highest BCUT2D eigenvalue weighted by molar-refractivity contribution is 5.73. The van der Waals surface area contributed by atoms with Gasteiger partial charge >= 0.3 is 6.03 Å². The molecule has 118 valence electrons. The zero-order valence-electron chi connectivity index (χ0n) is 13.0. The van der Waals surface area contributed by atoms with Crippen LogP contribution in [0, 0.1) is 11.8 Å². The molecule has 0 aromatic carbocycles. The van der Waals surface area contributed by atoms with Gasteiger partial charge in [-0.05, 0) is 18.8 Å². The van der Waals surface area contributed by atoms with Crippen molar-refractivity contribution in [3.8, 4) is 0 Å². The highest BCUT2D eigenvalue weighted by Gasteiger charge is 2.30. The van der Waals surface area contributed by atoms with E-state index in [4.69, 9.17) is 9.26 Å². The Morgan fingerprint density at radius 2 is 2.29 bits per heavy atom. The quantitative estimate of drug-likeness (QED) is 0.842. The topological polar surface area (TPSA) is 76.4 Å². The summed E-state index contributed by atoms with van der Waals surface area (Å²) in [5.74, 6) is 1.54. The number of urea groups is 1. The summed E-state index contributed by atoms with van der Waals surface area (Å²) in [6.07, 6.45) is 2.07. The van der Waals surface area contributed by atoms with Crippen LogP contribution >= 0.6 is 0 Å². The van der Waals surface area contributed by atoms with Crippen LogP contribution in [0.2, 0.25) is 0 Å². The molecular formula is C15H25N3O3. The van der Waals surface area contributed by atoms with Gasteiger partial charge in [0.15, 0.2) is 5.76 Å². The molecule has 2 N–H and O–H groups in total. The van der Waals surface area contributed by atoms with Crippen LogP contribution in [-0.2, 0) is 17.7 Å². The average Bonchev–Trinajstić information content (AvgIpc) is 3.11. The van der Waals surface area contributed by atoms with Crippen LogP contribution in [0.4, 0.5) is 4.79 Å². The minimum absolute atomic E-state index is 0.182. The van der Waals surface area contributed by atoms with E-state index in [9.17, 15) is 4.79 Å². The number of hydrogen-bond acceptors (Lipinski definition) is 4. The highest BCUT2D eigenvalue weighted by atomic mass is 16.5. The molecule has 0 radical (unpaired) electrons. The van der Waals surface area contributed by atoms with E-state index < -0.39 is 0 Å². The molecule has 1 fully saturated rings. The van der Waals surface area contributed by atoms with E-state index in [-0.39, 0.29) is 12.1 Å². The third kappa shape index (κ3) is 4.46. The Morgan fingerprint density at radius 1 is 1.48 bits per heavy atom. The molecule has 1 aliphatic rings. The predicted molar refractivity (Wildman–Crippen MR) is 78.8 cm³/mol. The number of rotatable bonds is 6. The second kappa shape index (κ2) is 7.45. The van der Waals surface area contributed by atoms with E-state index in [1.165, 1.54) is 0 Å². The number of amides is 2. The predicted octanol–water partition coefficient (Wildman–Crippen LogP) is 2.10. The Balaban J connectivity index is 1.70. The zero-order valence-corrected chi connectivity index (χ0v) is 13.0. The fourth-order valence-electron chi connectivity index (χ4n) is 2.67. The summed E-state index contributed by atoms with van der Waals surface area (Å²) in [5.41, 5.74) is 0.898. The van der Waals surface area contributed by atoms with Crippen molar-refractivity contribution in [2.24, 2.45) is 11.8 Å². The fourth-order valence-corrected chi connectivity index (χ4v) is 2.67. The second-order valence-electron chi connectivity index (χ2n) is 5.83. The first kappa shape index (κ1) is 15.8. The number of hydrogen-bond donors (Lipinski definition) is 2. The van der Waals surface area contributed by atoms with E-state index in [1.807, 2.05) is 13.0 Å². The smallest absolute Gasteiger partial charge is 0.315 e. The molecule has 2 heterocycles. The first-order valence-electron chi connectivity index (χ1n) is 7.68. The van der Waals surface area contributed by atoms with Crippen LogP contribution in [0.25, 0.3) is 0 Å². The first-order chi connectivity index (χ1) is 10.1. The van der Waals surface area contributed by atoms with Crippen molar-refractivity contribution in [2.75, 3.05) is 13.2 Å². The first-order valence-corrected chi connectivity index (χ1v) is 7.68. The number of ether oxygens (including phenoxy) is 1. The Labute approximate surface area is 125 Å². The molecule has 0 unspecified atom stereocenters. The van der Waals surface area contributed by atoms with Gasteiger partial charge in [0, 0.05) is 25.1 Å². The summed E-state index contributed by atoms with van der Waals surface area (Å²) in [7, 11) is 0. The highest BCUT2D eigenvalue weighted by Crippen LogP contribution is 2.25. The SMILES string of the molecule is CCc1cc(CNC(=O)NC[C@@H]2CCO[C@@H]2C(C)C)on1. The molecule has 21 heavy (non-hydrogen) atoms. The van der Waals surface area contributed by atoms with Gasteiger partial charge < -0.3 is 19.9 Å².